The minimum atomic E-state index is 0.0371. The number of nitrogens with one attached hydrogen (secondary N) is 1. The molecule has 1 aromatic carbocycles. The molecule has 0 aromatic heterocycles. The largest absolute Gasteiger partial charge is 0.497 e. The van der Waals surface area contributed by atoms with Crippen molar-refractivity contribution in [2.75, 3.05) is 26.9 Å². The van der Waals surface area contributed by atoms with Crippen LogP contribution < -0.4 is 10.1 Å². The van der Waals surface area contributed by atoms with Crippen LogP contribution in [0.15, 0.2) is 24.3 Å². The Balaban J connectivity index is 1.72. The molecule has 2 rings (SSSR count). The van der Waals surface area contributed by atoms with Crippen LogP contribution in [0.1, 0.15) is 37.7 Å². The fourth-order valence-corrected chi connectivity index (χ4v) is 2.60. The Morgan fingerprint density at radius 3 is 2.81 bits per heavy atom. The van der Waals surface area contributed by atoms with E-state index < -0.39 is 0 Å². The SMILES string of the molecule is COc1ccc([C@H](C)CCNC(=O)[C@@H]2CCCOC2)cc1. The van der Waals surface area contributed by atoms with Gasteiger partial charge in [0.2, 0.25) is 5.91 Å². The summed E-state index contributed by atoms with van der Waals surface area (Å²) in [6.07, 6.45) is 2.87. The van der Waals surface area contributed by atoms with Crippen LogP contribution >= 0.6 is 0 Å². The molecule has 1 N–H and O–H groups in total. The Bertz CT molecular complexity index is 438. The molecule has 0 unspecified atom stereocenters. The van der Waals surface area contributed by atoms with Crippen molar-refractivity contribution in [2.24, 2.45) is 5.92 Å². The summed E-state index contributed by atoms with van der Waals surface area (Å²) < 4.78 is 10.5. The number of carbonyl (C=O) groups excluding carboxylic acids is 1. The highest BCUT2D eigenvalue weighted by Crippen LogP contribution is 2.21. The number of hydrogen-bond acceptors (Lipinski definition) is 3. The van der Waals surface area contributed by atoms with Gasteiger partial charge in [-0.2, -0.15) is 0 Å². The summed E-state index contributed by atoms with van der Waals surface area (Å²) in [5, 5.41) is 3.03. The lowest BCUT2D eigenvalue weighted by Gasteiger charge is -2.21. The third-order valence-corrected chi connectivity index (χ3v) is 4.09. The first-order valence-corrected chi connectivity index (χ1v) is 7.70. The third kappa shape index (κ3) is 4.74. The average Bonchev–Trinajstić information content (AvgIpc) is 2.55. The smallest absolute Gasteiger partial charge is 0.225 e. The fraction of sp³-hybridized carbons (Fsp3) is 0.588. The van der Waals surface area contributed by atoms with Gasteiger partial charge in [0, 0.05) is 13.2 Å². The van der Waals surface area contributed by atoms with Gasteiger partial charge in [0.05, 0.1) is 19.6 Å². The first-order valence-electron chi connectivity index (χ1n) is 7.70. The molecule has 1 saturated heterocycles. The van der Waals surface area contributed by atoms with E-state index in [9.17, 15) is 4.79 Å². The number of methoxy groups -OCH3 is 1. The van der Waals surface area contributed by atoms with E-state index in [0.29, 0.717) is 19.1 Å². The molecule has 1 aromatic rings. The zero-order valence-corrected chi connectivity index (χ0v) is 12.9. The molecule has 116 valence electrons. The molecule has 1 amide bonds. The summed E-state index contributed by atoms with van der Waals surface area (Å²) in [4.78, 5) is 12.0. The van der Waals surface area contributed by atoms with E-state index in [-0.39, 0.29) is 11.8 Å². The van der Waals surface area contributed by atoms with Gasteiger partial charge >= 0.3 is 0 Å². The summed E-state index contributed by atoms with van der Waals surface area (Å²) in [6, 6.07) is 8.12. The van der Waals surface area contributed by atoms with Gasteiger partial charge in [-0.25, -0.2) is 0 Å². The summed E-state index contributed by atoms with van der Waals surface area (Å²) >= 11 is 0. The minimum absolute atomic E-state index is 0.0371. The summed E-state index contributed by atoms with van der Waals surface area (Å²) in [6.45, 7) is 4.25. The summed E-state index contributed by atoms with van der Waals surface area (Å²) in [7, 11) is 1.67. The quantitative estimate of drug-likeness (QED) is 0.876. The van der Waals surface area contributed by atoms with Crippen molar-refractivity contribution in [1.29, 1.82) is 0 Å². The molecular weight excluding hydrogens is 266 g/mol. The van der Waals surface area contributed by atoms with Crippen LogP contribution in [-0.2, 0) is 9.53 Å². The van der Waals surface area contributed by atoms with E-state index in [4.69, 9.17) is 9.47 Å². The molecule has 2 atom stereocenters. The Morgan fingerprint density at radius 2 is 2.19 bits per heavy atom. The maximum absolute atomic E-state index is 12.0. The molecule has 0 saturated carbocycles. The fourth-order valence-electron chi connectivity index (χ4n) is 2.60. The van der Waals surface area contributed by atoms with E-state index in [1.54, 1.807) is 7.11 Å². The molecule has 1 aliphatic rings. The molecule has 0 aliphatic carbocycles. The lowest BCUT2D eigenvalue weighted by Crippen LogP contribution is -2.36. The van der Waals surface area contributed by atoms with Gasteiger partial charge in [-0.15, -0.1) is 0 Å². The van der Waals surface area contributed by atoms with Gasteiger partial charge < -0.3 is 14.8 Å². The van der Waals surface area contributed by atoms with Crippen molar-refractivity contribution in [2.45, 2.75) is 32.1 Å². The highest BCUT2D eigenvalue weighted by atomic mass is 16.5. The highest BCUT2D eigenvalue weighted by molar-refractivity contribution is 5.78. The van der Waals surface area contributed by atoms with E-state index in [0.717, 1.165) is 31.6 Å². The van der Waals surface area contributed by atoms with Crippen molar-refractivity contribution in [3.05, 3.63) is 29.8 Å². The van der Waals surface area contributed by atoms with Gasteiger partial charge in [0.15, 0.2) is 0 Å². The van der Waals surface area contributed by atoms with Crippen LogP contribution in [-0.4, -0.2) is 32.8 Å². The van der Waals surface area contributed by atoms with Crippen LogP contribution in [0.25, 0.3) is 0 Å². The van der Waals surface area contributed by atoms with Crippen molar-refractivity contribution in [3.8, 4) is 5.75 Å². The number of benzene rings is 1. The predicted molar refractivity (Wildman–Crippen MR) is 82.6 cm³/mol. The van der Waals surface area contributed by atoms with Crippen molar-refractivity contribution in [1.82, 2.24) is 5.32 Å². The number of rotatable bonds is 6. The van der Waals surface area contributed by atoms with Crippen LogP contribution in [0, 0.1) is 5.92 Å². The molecular formula is C17H25NO3. The van der Waals surface area contributed by atoms with E-state index in [1.165, 1.54) is 5.56 Å². The first-order chi connectivity index (χ1) is 10.2. The van der Waals surface area contributed by atoms with Gasteiger partial charge in [0.25, 0.3) is 0 Å². The van der Waals surface area contributed by atoms with E-state index in [2.05, 4.69) is 24.4 Å². The zero-order valence-electron chi connectivity index (χ0n) is 12.9. The van der Waals surface area contributed by atoms with Crippen molar-refractivity contribution in [3.63, 3.8) is 0 Å². The van der Waals surface area contributed by atoms with Gasteiger partial charge in [-0.1, -0.05) is 19.1 Å². The maximum atomic E-state index is 12.0. The third-order valence-electron chi connectivity index (χ3n) is 4.09. The lowest BCUT2D eigenvalue weighted by molar-refractivity contribution is -0.128. The van der Waals surface area contributed by atoms with Crippen molar-refractivity contribution < 1.29 is 14.3 Å². The second-order valence-electron chi connectivity index (χ2n) is 5.67. The number of ether oxygens (including phenoxy) is 2. The van der Waals surface area contributed by atoms with Crippen LogP contribution in [0.3, 0.4) is 0 Å². The molecule has 1 aliphatic heterocycles. The average molecular weight is 291 g/mol. The van der Waals surface area contributed by atoms with Gasteiger partial charge in [-0.3, -0.25) is 4.79 Å². The highest BCUT2D eigenvalue weighted by Gasteiger charge is 2.21. The Hall–Kier alpha value is -1.55. The maximum Gasteiger partial charge on any atom is 0.225 e. The topological polar surface area (TPSA) is 47.6 Å². The molecule has 0 radical (unpaired) electrons. The normalized spacial score (nSPS) is 19.8. The standard InChI is InChI=1S/C17H25NO3/c1-13(14-5-7-16(20-2)8-6-14)9-10-18-17(19)15-4-3-11-21-12-15/h5-8,13,15H,3-4,9-12H2,1-2H3,(H,18,19)/t13-,15-/m1/s1. The molecule has 0 bridgehead atoms. The minimum Gasteiger partial charge on any atom is -0.497 e. The number of carbonyl (C=O) groups is 1. The van der Waals surface area contributed by atoms with E-state index in [1.807, 2.05) is 12.1 Å². The summed E-state index contributed by atoms with van der Waals surface area (Å²) in [5.41, 5.74) is 1.27. The Labute approximate surface area is 126 Å². The lowest BCUT2D eigenvalue weighted by atomic mass is 9.97. The van der Waals surface area contributed by atoms with Gasteiger partial charge in [0.1, 0.15) is 5.75 Å². The van der Waals surface area contributed by atoms with Crippen LogP contribution in [0.5, 0.6) is 5.75 Å². The zero-order chi connectivity index (χ0) is 15.1. The molecule has 0 spiro atoms. The van der Waals surface area contributed by atoms with E-state index >= 15 is 0 Å². The molecule has 1 fully saturated rings. The van der Waals surface area contributed by atoms with Crippen LogP contribution in [0.2, 0.25) is 0 Å². The van der Waals surface area contributed by atoms with Crippen molar-refractivity contribution >= 4 is 5.91 Å². The number of hydrogen-bond donors (Lipinski definition) is 1. The molecule has 1 heterocycles. The second kappa shape index (κ2) is 8.03. The second-order valence-corrected chi connectivity index (χ2v) is 5.67. The summed E-state index contributed by atoms with van der Waals surface area (Å²) in [5.74, 6) is 1.46. The van der Waals surface area contributed by atoms with Gasteiger partial charge in [-0.05, 0) is 42.9 Å². The molecule has 21 heavy (non-hydrogen) atoms. The first kappa shape index (κ1) is 15.8. The Kier molecular flexibility index (Phi) is 6.05. The molecule has 4 nitrogen and oxygen atoms in total. The predicted octanol–water partition coefficient (Wildman–Crippen LogP) is 2.73. The monoisotopic (exact) mass is 291 g/mol. The Morgan fingerprint density at radius 1 is 1.43 bits per heavy atom. The van der Waals surface area contributed by atoms with Crippen LogP contribution in [0.4, 0.5) is 0 Å². The number of amides is 1. The molecule has 4 heteroatoms.